The molecule has 59 heavy (non-hydrogen) atoms. The van der Waals surface area contributed by atoms with Crippen LogP contribution in [0, 0.1) is 5.92 Å². The topological polar surface area (TPSA) is 329 Å². The number of alkyl carbamates (subject to hydrolysis) is 1. The van der Waals surface area contributed by atoms with Crippen LogP contribution in [-0.2, 0) is 44.8 Å². The van der Waals surface area contributed by atoms with E-state index in [0.717, 1.165) is 17.1 Å². The van der Waals surface area contributed by atoms with E-state index in [0.29, 0.717) is 22.4 Å². The molecule has 0 radical (unpaired) electrons. The van der Waals surface area contributed by atoms with Crippen LogP contribution in [0.25, 0.3) is 11.2 Å². The van der Waals surface area contributed by atoms with Gasteiger partial charge in [0, 0.05) is 30.8 Å². The minimum Gasteiger partial charge on any atom is -0.445 e. The molecular formula is C36H43N11O12. The van der Waals surface area contributed by atoms with E-state index < -0.39 is 91.3 Å². The van der Waals surface area contributed by atoms with E-state index in [9.17, 15) is 48.9 Å². The lowest BCUT2D eigenvalue weighted by Gasteiger charge is -2.37. The number of aromatic nitrogens is 4. The van der Waals surface area contributed by atoms with Crippen molar-refractivity contribution < 1.29 is 58.4 Å². The zero-order valence-corrected chi connectivity index (χ0v) is 31.9. The molecule has 23 heteroatoms. The molecule has 0 saturated carbocycles. The van der Waals surface area contributed by atoms with Crippen molar-refractivity contribution in [2.75, 3.05) is 30.3 Å². The molecule has 314 valence electrons. The Bertz CT molecular complexity index is 2100. The first kappa shape index (κ1) is 43.4. The number of hydrogen-bond donors (Lipinski definition) is 9. The molecule has 23 nitrogen and oxygen atoms in total. The molecule has 1 saturated heterocycles. The lowest BCUT2D eigenvalue weighted by atomic mass is 9.99. The second kappa shape index (κ2) is 19.6. The summed E-state index contributed by atoms with van der Waals surface area (Å²) in [5.74, 6) is -3.89. The van der Waals surface area contributed by atoms with Gasteiger partial charge in [0.1, 0.15) is 55.4 Å². The van der Waals surface area contributed by atoms with E-state index in [1.807, 2.05) is 0 Å². The number of carbonyl (C=O) groups is 7. The Morgan fingerprint density at radius 1 is 0.983 bits per heavy atom. The van der Waals surface area contributed by atoms with Crippen LogP contribution in [0.5, 0.6) is 0 Å². The van der Waals surface area contributed by atoms with Gasteiger partial charge in [-0.15, -0.1) is 0 Å². The maximum absolute atomic E-state index is 13.0. The summed E-state index contributed by atoms with van der Waals surface area (Å²) in [6, 6.07) is 4.15. The van der Waals surface area contributed by atoms with Crippen molar-refractivity contribution in [2.45, 2.75) is 70.4 Å². The van der Waals surface area contributed by atoms with Crippen LogP contribution in [0.3, 0.4) is 0 Å². The van der Waals surface area contributed by atoms with Crippen LogP contribution in [0.1, 0.15) is 32.8 Å². The number of hydrogen-bond acceptors (Lipinski definition) is 16. The molecule has 0 bridgehead atoms. The fourth-order valence-corrected chi connectivity index (χ4v) is 5.74. The Morgan fingerprint density at radius 3 is 2.37 bits per heavy atom. The van der Waals surface area contributed by atoms with Crippen LogP contribution >= 0.6 is 0 Å². The van der Waals surface area contributed by atoms with Crippen molar-refractivity contribution in [3.8, 4) is 0 Å². The third kappa shape index (κ3) is 11.2. The van der Waals surface area contributed by atoms with Gasteiger partial charge >= 0.3 is 6.09 Å². The minimum absolute atomic E-state index is 0.148. The van der Waals surface area contributed by atoms with E-state index in [4.69, 9.17) is 9.47 Å². The number of carbonyl (C=O) groups excluding carboxylic acids is 7. The molecule has 4 heterocycles. The highest BCUT2D eigenvalue weighted by Gasteiger charge is 2.42. The van der Waals surface area contributed by atoms with Gasteiger partial charge in [0.15, 0.2) is 17.7 Å². The van der Waals surface area contributed by atoms with Crippen molar-refractivity contribution in [1.82, 2.24) is 40.8 Å². The smallest absolute Gasteiger partial charge is 0.407 e. The normalized spacial score (nSPS) is 20.7. The summed E-state index contributed by atoms with van der Waals surface area (Å²) >= 11 is 0. The monoisotopic (exact) mass is 821 g/mol. The van der Waals surface area contributed by atoms with Crippen LogP contribution in [-0.4, -0.2) is 144 Å². The number of nitrogens with zero attached hydrogens (tertiary/aromatic N) is 5. The fourth-order valence-electron chi connectivity index (χ4n) is 5.74. The summed E-state index contributed by atoms with van der Waals surface area (Å²) < 4.78 is 10.8. The van der Waals surface area contributed by atoms with Crippen LogP contribution < -0.4 is 26.6 Å². The number of aliphatic hydroxyl groups is 3. The molecular weight excluding hydrogens is 778 g/mol. The minimum atomic E-state index is -1.74. The number of amides is 7. The molecule has 6 atom stereocenters. The summed E-state index contributed by atoms with van der Waals surface area (Å²) in [5, 5.41) is 44.2. The molecule has 3 aromatic rings. The first-order valence-corrected chi connectivity index (χ1v) is 18.2. The summed E-state index contributed by atoms with van der Waals surface area (Å²) in [5.41, 5.74) is 1.24. The van der Waals surface area contributed by atoms with E-state index in [1.165, 1.54) is 31.7 Å². The highest BCUT2D eigenvalue weighted by molar-refractivity contribution is 6.13. The number of aliphatic imine (C=N–C) groups is 1. The zero-order valence-electron chi connectivity index (χ0n) is 31.9. The van der Waals surface area contributed by atoms with Crippen molar-refractivity contribution >= 4 is 69.9 Å². The van der Waals surface area contributed by atoms with Gasteiger partial charge in [0.05, 0.1) is 18.6 Å². The predicted molar refractivity (Wildman–Crippen MR) is 204 cm³/mol. The van der Waals surface area contributed by atoms with E-state index >= 15 is 0 Å². The SMILES string of the molecule is CC(C)[C@H](NC(=O)CCN1C(=O)C=CC1=O)C(=O)N[C@@H](C)C(=O)Nc1ccc(COC(=O)NCC(=O)N=C2[C@H](CO)O[C@H](Nc3ncnc4nc[nH]c34)[C@@H](O)[C@@H]2O)cc1. The van der Waals surface area contributed by atoms with E-state index in [2.05, 4.69) is 51.5 Å². The van der Waals surface area contributed by atoms with Crippen molar-refractivity contribution in [3.63, 3.8) is 0 Å². The summed E-state index contributed by atoms with van der Waals surface area (Å²) in [6.45, 7) is 3.12. The number of anilines is 2. The van der Waals surface area contributed by atoms with Gasteiger partial charge in [-0.3, -0.25) is 33.7 Å². The number of H-pyrrole nitrogens is 1. The molecule has 1 aromatic carbocycles. The van der Waals surface area contributed by atoms with Gasteiger partial charge in [-0.2, -0.15) is 0 Å². The Labute approximate surface area is 335 Å². The Kier molecular flexibility index (Phi) is 14.5. The average Bonchev–Trinajstić information content (AvgIpc) is 3.83. The number of aromatic amines is 1. The number of imide groups is 1. The van der Waals surface area contributed by atoms with Crippen molar-refractivity contribution in [2.24, 2.45) is 10.9 Å². The molecule has 2 aromatic heterocycles. The molecule has 9 N–H and O–H groups in total. The second-order valence-corrected chi connectivity index (χ2v) is 13.6. The third-order valence-electron chi connectivity index (χ3n) is 8.96. The number of fused-ring (bicyclic) bond motifs is 1. The van der Waals surface area contributed by atoms with Gasteiger partial charge < -0.3 is 56.4 Å². The summed E-state index contributed by atoms with van der Waals surface area (Å²) in [4.78, 5) is 106. The van der Waals surface area contributed by atoms with Gasteiger partial charge in [0.2, 0.25) is 17.7 Å². The number of imidazole rings is 1. The molecule has 5 rings (SSSR count). The highest BCUT2D eigenvalue weighted by Crippen LogP contribution is 2.23. The lowest BCUT2D eigenvalue weighted by molar-refractivity contribution is -0.137. The highest BCUT2D eigenvalue weighted by atomic mass is 16.6. The zero-order chi connectivity index (χ0) is 42.8. The van der Waals surface area contributed by atoms with Crippen LogP contribution in [0.4, 0.5) is 16.3 Å². The quantitative estimate of drug-likeness (QED) is 0.0706. The maximum Gasteiger partial charge on any atom is 0.407 e. The second-order valence-electron chi connectivity index (χ2n) is 13.6. The van der Waals surface area contributed by atoms with E-state index in [-0.39, 0.29) is 37.0 Å². The van der Waals surface area contributed by atoms with Crippen molar-refractivity contribution in [1.29, 1.82) is 0 Å². The molecule has 7 amide bonds. The van der Waals surface area contributed by atoms with Gasteiger partial charge in [0.25, 0.3) is 17.7 Å². The Hall–Kier alpha value is -6.69. The lowest BCUT2D eigenvalue weighted by Crippen LogP contribution is -2.58. The predicted octanol–water partition coefficient (Wildman–Crippen LogP) is -2.00. The van der Waals surface area contributed by atoms with Crippen LogP contribution in [0.15, 0.2) is 54.1 Å². The Balaban J connectivity index is 1.03. The largest absolute Gasteiger partial charge is 0.445 e. The number of aliphatic hydroxyl groups excluding tert-OH is 3. The fraction of sp³-hybridized carbons (Fsp3) is 0.417. The molecule has 0 unspecified atom stereocenters. The number of benzene rings is 1. The van der Waals surface area contributed by atoms with E-state index in [1.54, 1.807) is 26.0 Å². The standard InChI is InChI=1S/C36H43N11O12/c1-17(2)26(44-22(49)10-11-47-24(51)8-9-25(47)52)34(56)42-18(3)33(55)43-20-6-4-19(5-7-20)14-58-36(57)37-12-23(50)45-27-21(13-48)59-35(30(54)29(27)53)46-32-28-31(39-15-38-28)40-16-41-32/h4-9,15-18,21,26,29-30,35,48,53-54H,10-14H2,1-3H3,(H,37,57)(H,42,56)(H,43,55)(H,44,49)(H2,38,39,40,41,46)/t18-,21-,26-,29+,30-,35-/m0/s1. The van der Waals surface area contributed by atoms with Crippen LogP contribution in [0.2, 0.25) is 0 Å². The van der Waals surface area contributed by atoms with Crippen molar-refractivity contribution in [3.05, 3.63) is 54.6 Å². The molecule has 0 spiro atoms. The third-order valence-corrected chi connectivity index (χ3v) is 8.96. The van der Waals surface area contributed by atoms with Gasteiger partial charge in [-0.05, 0) is 30.5 Å². The summed E-state index contributed by atoms with van der Waals surface area (Å²) in [7, 11) is 0. The average molecular weight is 822 g/mol. The Morgan fingerprint density at radius 2 is 1.69 bits per heavy atom. The first-order chi connectivity index (χ1) is 28.1. The molecule has 2 aliphatic heterocycles. The van der Waals surface area contributed by atoms with Gasteiger partial charge in [-0.25, -0.2) is 24.7 Å². The number of ether oxygens (including phenoxy) is 2. The molecule has 0 aliphatic carbocycles. The number of nitrogens with one attached hydrogen (secondary N) is 6. The maximum atomic E-state index is 13.0. The number of rotatable bonds is 16. The van der Waals surface area contributed by atoms with Gasteiger partial charge in [-0.1, -0.05) is 26.0 Å². The first-order valence-electron chi connectivity index (χ1n) is 18.2. The molecule has 1 fully saturated rings. The summed E-state index contributed by atoms with van der Waals surface area (Å²) in [6.07, 6.45) is -2.33. The molecule has 2 aliphatic rings.